The number of hydrogen-bond donors (Lipinski definition) is 3. The Morgan fingerprint density at radius 2 is 1.29 bits per heavy atom. The van der Waals surface area contributed by atoms with Gasteiger partial charge in [0.2, 0.25) is 35.4 Å². The van der Waals surface area contributed by atoms with Gasteiger partial charge in [0.1, 0.15) is 41.7 Å². The number of amides is 6. The molecule has 3 aliphatic heterocycles. The van der Waals surface area contributed by atoms with Crippen molar-refractivity contribution in [1.82, 2.24) is 30.7 Å². The molecular weight excluding hydrogens is 805 g/mol. The van der Waals surface area contributed by atoms with Crippen molar-refractivity contribution >= 4 is 47.4 Å². The zero-order valence-corrected chi connectivity index (χ0v) is 36.0. The van der Waals surface area contributed by atoms with Crippen molar-refractivity contribution in [2.24, 2.45) is 0 Å². The second kappa shape index (κ2) is 19.6. The minimum absolute atomic E-state index is 0.00253. The van der Waals surface area contributed by atoms with E-state index in [0.717, 1.165) is 16.7 Å². The number of carbonyl (C=O) groups is 8. The molecular formula is C44H52N6O12. The topological polar surface area (TPSA) is 219 Å². The van der Waals surface area contributed by atoms with E-state index in [-0.39, 0.29) is 35.7 Å². The highest BCUT2D eigenvalue weighted by Crippen LogP contribution is 2.36. The summed E-state index contributed by atoms with van der Waals surface area (Å²) in [7, 11) is 5.55. The summed E-state index contributed by atoms with van der Waals surface area (Å²) in [4.78, 5) is 114. The molecule has 1 fully saturated rings. The van der Waals surface area contributed by atoms with Gasteiger partial charge in [-0.1, -0.05) is 30.3 Å². The van der Waals surface area contributed by atoms with E-state index in [2.05, 4.69) is 16.0 Å². The van der Waals surface area contributed by atoms with Crippen LogP contribution in [0.1, 0.15) is 57.4 Å². The van der Waals surface area contributed by atoms with E-state index in [0.29, 0.717) is 16.9 Å². The highest BCUT2D eigenvalue weighted by molar-refractivity contribution is 5.98. The Morgan fingerprint density at radius 1 is 0.694 bits per heavy atom. The highest BCUT2D eigenvalue weighted by atomic mass is 16.6. The first-order valence-corrected chi connectivity index (χ1v) is 19.9. The van der Waals surface area contributed by atoms with Gasteiger partial charge in [0.05, 0.1) is 7.11 Å². The fourth-order valence-electron chi connectivity index (χ4n) is 7.27. The van der Waals surface area contributed by atoms with E-state index in [1.165, 1.54) is 97.2 Å². The van der Waals surface area contributed by atoms with Crippen LogP contribution in [0.5, 0.6) is 23.0 Å². The molecule has 7 unspecified atom stereocenters. The Hall–Kier alpha value is -6.98. The zero-order chi connectivity index (χ0) is 45.6. The molecule has 3 aliphatic rings. The van der Waals surface area contributed by atoms with Gasteiger partial charge in [-0.2, -0.15) is 0 Å². The van der Waals surface area contributed by atoms with Gasteiger partial charge in [0.25, 0.3) is 0 Å². The minimum Gasteiger partial charge on any atom is -0.497 e. The molecule has 330 valence electrons. The van der Waals surface area contributed by atoms with E-state index >= 15 is 4.79 Å². The molecule has 0 aliphatic carbocycles. The Balaban J connectivity index is 1.66. The first-order chi connectivity index (χ1) is 29.3. The Bertz CT molecular complexity index is 2210. The smallest absolute Gasteiger partial charge is 0.308 e. The van der Waals surface area contributed by atoms with E-state index in [1.807, 2.05) is 0 Å². The molecule has 1 saturated heterocycles. The largest absolute Gasteiger partial charge is 0.497 e. The number of carbonyl (C=O) groups excluding carboxylic acids is 8. The van der Waals surface area contributed by atoms with Gasteiger partial charge in [-0.05, 0) is 73.9 Å². The quantitative estimate of drug-likeness (QED) is 0.247. The number of hydrogen-bond acceptors (Lipinski definition) is 12. The van der Waals surface area contributed by atoms with Gasteiger partial charge in [-0.15, -0.1) is 0 Å². The molecule has 0 aromatic heterocycles. The van der Waals surface area contributed by atoms with Gasteiger partial charge in [-0.3, -0.25) is 38.4 Å². The van der Waals surface area contributed by atoms with Crippen LogP contribution in [0.25, 0.3) is 0 Å². The Morgan fingerprint density at radius 3 is 1.89 bits per heavy atom. The summed E-state index contributed by atoms with van der Waals surface area (Å²) in [6.07, 6.45) is -1.67. The van der Waals surface area contributed by atoms with Crippen molar-refractivity contribution in [2.45, 2.75) is 89.8 Å². The minimum atomic E-state index is -1.64. The molecule has 3 aromatic rings. The average Bonchev–Trinajstić information content (AvgIpc) is 3.23. The molecule has 62 heavy (non-hydrogen) atoms. The molecule has 18 heteroatoms. The van der Waals surface area contributed by atoms with E-state index in [9.17, 15) is 33.6 Å². The van der Waals surface area contributed by atoms with Gasteiger partial charge in [-0.25, -0.2) is 0 Å². The van der Waals surface area contributed by atoms with Crippen LogP contribution in [0, 0.1) is 0 Å². The summed E-state index contributed by atoms with van der Waals surface area (Å²) in [5.74, 6) is -4.92. The summed E-state index contributed by atoms with van der Waals surface area (Å²) in [5.41, 5.74) is 1.34. The number of nitrogens with zero attached hydrogens (tertiary/aromatic N) is 3. The van der Waals surface area contributed by atoms with Crippen LogP contribution in [-0.2, 0) is 55.9 Å². The Labute approximate surface area is 359 Å². The fourth-order valence-corrected chi connectivity index (χ4v) is 7.27. The fraction of sp³-hybridized carbons (Fsp3) is 0.409. The normalized spacial score (nSPS) is 24.1. The third-order valence-corrected chi connectivity index (χ3v) is 10.8. The number of methoxy groups -OCH3 is 1. The lowest BCUT2D eigenvalue weighted by molar-refractivity contribution is -0.162. The number of benzene rings is 3. The molecule has 3 N–H and O–H groups in total. The number of esters is 2. The van der Waals surface area contributed by atoms with Crippen molar-refractivity contribution in [3.63, 3.8) is 0 Å². The summed E-state index contributed by atoms with van der Waals surface area (Å²) >= 11 is 0. The van der Waals surface area contributed by atoms with Crippen molar-refractivity contribution in [3.8, 4) is 23.0 Å². The maximum atomic E-state index is 15.1. The standard InChI is InChI=1S/C44H52N6O12/c1-23-39(53)46-24(2)42(56)48(6)33(20-28-10-15-31(59-9)16-11-28)41(55)47-25(3)43(57)50(8)37-38(61-27(5)52)30-13-17-32(18-14-30)62-36-22-29(12-19-35(36)60-26(4)51)21-34(40(54)45-23)49(7)44(37)58/h10-19,22-25,33-34,37-38H,20-21H2,1-9H3,(H,45,54)(H,46,53)(H,47,55). The molecule has 18 nitrogen and oxygen atoms in total. The predicted molar refractivity (Wildman–Crippen MR) is 222 cm³/mol. The van der Waals surface area contributed by atoms with Gasteiger partial charge in [0.15, 0.2) is 23.6 Å². The number of ether oxygens (including phenoxy) is 4. The van der Waals surface area contributed by atoms with Crippen LogP contribution >= 0.6 is 0 Å². The lowest BCUT2D eigenvalue weighted by Crippen LogP contribution is -2.62. The lowest BCUT2D eigenvalue weighted by Gasteiger charge is -2.39. The molecule has 3 aromatic carbocycles. The third kappa shape index (κ3) is 10.7. The molecule has 6 rings (SSSR count). The second-order valence-electron chi connectivity index (χ2n) is 15.3. The molecule has 6 bridgehead atoms. The first-order valence-electron chi connectivity index (χ1n) is 19.9. The lowest BCUT2D eigenvalue weighted by atomic mass is 9.96. The third-order valence-electron chi connectivity index (χ3n) is 10.8. The van der Waals surface area contributed by atoms with E-state index in [1.54, 1.807) is 30.3 Å². The first kappa shape index (κ1) is 46.1. The van der Waals surface area contributed by atoms with Crippen molar-refractivity contribution < 1.29 is 57.3 Å². The van der Waals surface area contributed by atoms with Crippen molar-refractivity contribution in [3.05, 3.63) is 83.4 Å². The van der Waals surface area contributed by atoms with Crippen LogP contribution in [0.3, 0.4) is 0 Å². The summed E-state index contributed by atoms with van der Waals surface area (Å²) < 4.78 is 22.6. The van der Waals surface area contributed by atoms with E-state index < -0.39 is 89.7 Å². The molecule has 0 saturated carbocycles. The maximum Gasteiger partial charge on any atom is 0.308 e. The second-order valence-corrected chi connectivity index (χ2v) is 15.3. The maximum absolute atomic E-state index is 15.1. The molecule has 0 radical (unpaired) electrons. The molecule has 0 spiro atoms. The van der Waals surface area contributed by atoms with Crippen LogP contribution < -0.4 is 30.2 Å². The monoisotopic (exact) mass is 856 g/mol. The van der Waals surface area contributed by atoms with Gasteiger partial charge < -0.3 is 49.6 Å². The predicted octanol–water partition coefficient (Wildman–Crippen LogP) is 1.82. The van der Waals surface area contributed by atoms with Gasteiger partial charge in [0, 0.05) is 47.8 Å². The van der Waals surface area contributed by atoms with E-state index in [4.69, 9.17) is 18.9 Å². The van der Waals surface area contributed by atoms with Crippen molar-refractivity contribution in [2.75, 3.05) is 28.3 Å². The summed E-state index contributed by atoms with van der Waals surface area (Å²) in [6.45, 7) is 6.59. The van der Waals surface area contributed by atoms with Crippen molar-refractivity contribution in [1.29, 1.82) is 0 Å². The number of fused-ring (bicyclic) bond motifs is 2. The van der Waals surface area contributed by atoms with Crippen LogP contribution in [0.15, 0.2) is 66.7 Å². The molecule has 7 atom stereocenters. The SMILES string of the molecule is COc1ccc(CC2C(=O)NC(C)C(=O)N(C)C3C(=O)N(C)C(Cc4ccc(OC(C)=O)c(c4)Oc4ccc(cc4)C3OC(C)=O)C(=O)NC(C)C(=O)NC(C)C(=O)N2C)cc1. The number of nitrogens with one attached hydrogen (secondary N) is 3. The van der Waals surface area contributed by atoms with Crippen LogP contribution in [0.2, 0.25) is 0 Å². The van der Waals surface area contributed by atoms with Crippen LogP contribution in [-0.4, -0.2) is 127 Å². The number of likely N-dealkylation sites (N-methyl/N-ethyl adjacent to an activating group) is 3. The Kier molecular flexibility index (Phi) is 14.6. The van der Waals surface area contributed by atoms with Gasteiger partial charge >= 0.3 is 11.9 Å². The highest BCUT2D eigenvalue weighted by Gasteiger charge is 2.44. The summed E-state index contributed by atoms with van der Waals surface area (Å²) in [5, 5.41) is 7.96. The van der Waals surface area contributed by atoms with Crippen LogP contribution in [0.4, 0.5) is 0 Å². The molecule has 6 amide bonds. The summed E-state index contributed by atoms with van der Waals surface area (Å²) in [6, 6.07) is 9.54. The number of rotatable bonds is 5. The average molecular weight is 857 g/mol. The zero-order valence-electron chi connectivity index (χ0n) is 36.0. The molecule has 3 heterocycles.